The number of aryl methyl sites for hydroxylation is 1. The number of benzene rings is 1. The van der Waals surface area contributed by atoms with Crippen molar-refractivity contribution < 1.29 is 8.42 Å². The highest BCUT2D eigenvalue weighted by Gasteiger charge is 2.23. The Labute approximate surface area is 121 Å². The van der Waals surface area contributed by atoms with Crippen LogP contribution in [0.5, 0.6) is 0 Å². The molecular formula is C14H23N3O2S. The molecule has 0 bridgehead atoms. The molecule has 1 atom stereocenters. The molecule has 20 heavy (non-hydrogen) atoms. The van der Waals surface area contributed by atoms with Gasteiger partial charge in [0, 0.05) is 18.8 Å². The van der Waals surface area contributed by atoms with E-state index in [0.717, 1.165) is 31.6 Å². The Bertz CT molecular complexity index is 552. The summed E-state index contributed by atoms with van der Waals surface area (Å²) in [5, 5.41) is 0. The van der Waals surface area contributed by atoms with Gasteiger partial charge in [0.25, 0.3) is 0 Å². The molecule has 1 aliphatic rings. The van der Waals surface area contributed by atoms with Gasteiger partial charge >= 0.3 is 0 Å². The van der Waals surface area contributed by atoms with Crippen LogP contribution in [-0.4, -0.2) is 39.5 Å². The number of hydrogen-bond acceptors (Lipinski definition) is 4. The first kappa shape index (κ1) is 15.3. The highest BCUT2D eigenvalue weighted by Crippen LogP contribution is 2.18. The monoisotopic (exact) mass is 297 g/mol. The Balaban J connectivity index is 2.01. The second-order valence-electron chi connectivity index (χ2n) is 5.48. The Morgan fingerprint density at radius 3 is 2.75 bits per heavy atom. The van der Waals surface area contributed by atoms with Crippen molar-refractivity contribution in [3.63, 3.8) is 0 Å². The molecule has 5 nitrogen and oxygen atoms in total. The number of nitrogens with zero attached hydrogens (tertiary/aromatic N) is 1. The molecule has 1 unspecified atom stereocenters. The lowest BCUT2D eigenvalue weighted by Gasteiger charge is -2.14. The maximum absolute atomic E-state index is 12.3. The summed E-state index contributed by atoms with van der Waals surface area (Å²) in [6.07, 6.45) is 1.05. The van der Waals surface area contributed by atoms with Crippen molar-refractivity contribution in [2.45, 2.75) is 25.2 Å². The zero-order valence-electron chi connectivity index (χ0n) is 12.1. The van der Waals surface area contributed by atoms with Crippen LogP contribution >= 0.6 is 0 Å². The molecule has 6 heteroatoms. The van der Waals surface area contributed by atoms with Gasteiger partial charge in [0.1, 0.15) is 0 Å². The first-order valence-electron chi connectivity index (χ1n) is 7.00. The van der Waals surface area contributed by atoms with Crippen molar-refractivity contribution in [1.29, 1.82) is 0 Å². The Hall–Kier alpha value is -1.11. The van der Waals surface area contributed by atoms with Gasteiger partial charge in [-0.3, -0.25) is 0 Å². The fraction of sp³-hybridized carbons (Fsp3) is 0.571. The molecule has 0 amide bonds. The fourth-order valence-corrected chi connectivity index (χ4v) is 3.86. The smallest absolute Gasteiger partial charge is 0.240 e. The third-order valence-electron chi connectivity index (χ3n) is 3.76. The summed E-state index contributed by atoms with van der Waals surface area (Å²) in [7, 11) is -3.47. The lowest BCUT2D eigenvalue weighted by molar-refractivity contribution is 0.342. The Morgan fingerprint density at radius 1 is 1.40 bits per heavy atom. The van der Waals surface area contributed by atoms with Crippen LogP contribution in [0.4, 0.5) is 5.69 Å². The number of anilines is 1. The van der Waals surface area contributed by atoms with E-state index in [1.165, 1.54) is 6.07 Å². The third kappa shape index (κ3) is 3.71. The van der Waals surface area contributed by atoms with Gasteiger partial charge in [-0.25, -0.2) is 13.1 Å². The number of sulfonamides is 1. The minimum absolute atomic E-state index is 0.250. The van der Waals surface area contributed by atoms with E-state index in [9.17, 15) is 8.42 Å². The Kier molecular flexibility index (Phi) is 4.67. The van der Waals surface area contributed by atoms with Crippen LogP contribution in [0.15, 0.2) is 23.1 Å². The van der Waals surface area contributed by atoms with Crippen molar-refractivity contribution >= 4 is 15.7 Å². The minimum Gasteiger partial charge on any atom is -0.399 e. The summed E-state index contributed by atoms with van der Waals surface area (Å²) in [4.78, 5) is 2.59. The van der Waals surface area contributed by atoms with Crippen LogP contribution in [0.3, 0.4) is 0 Å². The molecule has 3 N–H and O–H groups in total. The lowest BCUT2D eigenvalue weighted by Crippen LogP contribution is -2.31. The van der Waals surface area contributed by atoms with Crippen LogP contribution < -0.4 is 10.5 Å². The van der Waals surface area contributed by atoms with E-state index < -0.39 is 10.0 Å². The summed E-state index contributed by atoms with van der Waals surface area (Å²) in [5.74, 6) is 0.395. The molecule has 1 aromatic carbocycles. The molecule has 0 aliphatic carbocycles. The molecule has 1 saturated heterocycles. The third-order valence-corrected chi connectivity index (χ3v) is 5.17. The second kappa shape index (κ2) is 6.11. The highest BCUT2D eigenvalue weighted by molar-refractivity contribution is 7.89. The SMILES string of the molecule is CCN1CCC(CNS(=O)(=O)c2cc(C)cc(N)c2)C1. The molecule has 1 heterocycles. The summed E-state index contributed by atoms with van der Waals surface area (Å²) in [6, 6.07) is 4.91. The Morgan fingerprint density at radius 2 is 2.15 bits per heavy atom. The van der Waals surface area contributed by atoms with Crippen LogP contribution in [0.2, 0.25) is 0 Å². The summed E-state index contributed by atoms with van der Waals surface area (Å²) in [5.41, 5.74) is 7.04. The van der Waals surface area contributed by atoms with Crippen molar-refractivity contribution in [3.05, 3.63) is 23.8 Å². The number of nitrogen functional groups attached to an aromatic ring is 1. The van der Waals surface area contributed by atoms with Gasteiger partial charge in [0.05, 0.1) is 4.90 Å². The predicted octanol–water partition coefficient (Wildman–Crippen LogP) is 1.20. The van der Waals surface area contributed by atoms with Gasteiger partial charge in [-0.15, -0.1) is 0 Å². The van der Waals surface area contributed by atoms with E-state index >= 15 is 0 Å². The number of likely N-dealkylation sites (tertiary alicyclic amines) is 1. The van der Waals surface area contributed by atoms with Gasteiger partial charge in [-0.2, -0.15) is 0 Å². The average molecular weight is 297 g/mol. The van der Waals surface area contributed by atoms with E-state index in [1.807, 2.05) is 6.92 Å². The van der Waals surface area contributed by atoms with Crippen molar-refractivity contribution in [2.24, 2.45) is 5.92 Å². The molecule has 1 fully saturated rings. The molecule has 1 aliphatic heterocycles. The van der Waals surface area contributed by atoms with Gasteiger partial charge in [0.2, 0.25) is 10.0 Å². The number of nitrogens with two attached hydrogens (primary N) is 1. The maximum atomic E-state index is 12.3. The lowest BCUT2D eigenvalue weighted by atomic mass is 10.1. The van der Waals surface area contributed by atoms with Crippen LogP contribution in [0, 0.1) is 12.8 Å². The number of rotatable bonds is 5. The summed E-state index contributed by atoms with van der Waals surface area (Å²) < 4.78 is 27.2. The first-order chi connectivity index (χ1) is 9.40. The standard InChI is InChI=1S/C14H23N3O2S/c1-3-17-5-4-12(10-17)9-16-20(18,19)14-7-11(2)6-13(15)8-14/h6-8,12,16H,3-5,9-10,15H2,1-2H3. The van der Waals surface area contributed by atoms with Crippen molar-refractivity contribution in [1.82, 2.24) is 9.62 Å². The topological polar surface area (TPSA) is 75.4 Å². The fourth-order valence-electron chi connectivity index (χ4n) is 2.61. The van der Waals surface area contributed by atoms with Gasteiger partial charge in [-0.05, 0) is 56.1 Å². The van der Waals surface area contributed by atoms with E-state index in [4.69, 9.17) is 5.73 Å². The molecule has 0 spiro atoms. The average Bonchev–Trinajstić information content (AvgIpc) is 2.83. The molecule has 2 rings (SSSR count). The van der Waals surface area contributed by atoms with E-state index in [1.54, 1.807) is 12.1 Å². The maximum Gasteiger partial charge on any atom is 0.240 e. The summed E-state index contributed by atoms with van der Waals surface area (Å²) >= 11 is 0. The van der Waals surface area contributed by atoms with Gasteiger partial charge in [0.15, 0.2) is 0 Å². The normalized spacial score (nSPS) is 20.4. The molecule has 112 valence electrons. The van der Waals surface area contributed by atoms with Crippen molar-refractivity contribution in [3.8, 4) is 0 Å². The van der Waals surface area contributed by atoms with E-state index in [-0.39, 0.29) is 4.90 Å². The van der Waals surface area contributed by atoms with E-state index in [0.29, 0.717) is 18.2 Å². The van der Waals surface area contributed by atoms with Crippen LogP contribution in [0.25, 0.3) is 0 Å². The zero-order chi connectivity index (χ0) is 14.8. The van der Waals surface area contributed by atoms with Crippen LogP contribution in [0.1, 0.15) is 18.9 Å². The summed E-state index contributed by atoms with van der Waals surface area (Å²) in [6.45, 7) is 7.51. The largest absolute Gasteiger partial charge is 0.399 e. The zero-order valence-corrected chi connectivity index (χ0v) is 12.9. The first-order valence-corrected chi connectivity index (χ1v) is 8.48. The highest BCUT2D eigenvalue weighted by atomic mass is 32.2. The van der Waals surface area contributed by atoms with Crippen molar-refractivity contribution in [2.75, 3.05) is 31.9 Å². The minimum atomic E-state index is -3.47. The van der Waals surface area contributed by atoms with Gasteiger partial charge < -0.3 is 10.6 Å². The molecule has 0 aromatic heterocycles. The number of hydrogen-bond donors (Lipinski definition) is 2. The molecular weight excluding hydrogens is 274 g/mol. The molecule has 0 saturated carbocycles. The predicted molar refractivity (Wildman–Crippen MR) is 81.0 cm³/mol. The quantitative estimate of drug-likeness (QED) is 0.801. The number of nitrogens with one attached hydrogen (secondary N) is 1. The molecule has 1 aromatic rings. The molecule has 0 radical (unpaired) electrons. The second-order valence-corrected chi connectivity index (χ2v) is 7.25. The van der Waals surface area contributed by atoms with Crippen LogP contribution in [-0.2, 0) is 10.0 Å². The van der Waals surface area contributed by atoms with E-state index in [2.05, 4.69) is 16.5 Å². The van der Waals surface area contributed by atoms with Gasteiger partial charge in [-0.1, -0.05) is 6.92 Å².